The molecule has 0 radical (unpaired) electrons. The molecule has 0 fully saturated rings. The number of carbonyl (C=O) groups excluding carboxylic acids is 2. The quantitative estimate of drug-likeness (QED) is 0.543. The molecule has 1 aromatic rings. The van der Waals surface area contributed by atoms with Crippen molar-refractivity contribution in [3.05, 3.63) is 29.8 Å². The van der Waals surface area contributed by atoms with Crippen molar-refractivity contribution in [1.29, 1.82) is 0 Å². The second-order valence-corrected chi connectivity index (χ2v) is 4.57. The third-order valence-corrected chi connectivity index (χ3v) is 2.71. The zero-order valence-corrected chi connectivity index (χ0v) is 12.2. The summed E-state index contributed by atoms with van der Waals surface area (Å²) in [6, 6.07) is 7.32. The number of nitrogens with one attached hydrogen (secondary N) is 2. The van der Waals surface area contributed by atoms with E-state index in [1.54, 1.807) is 0 Å². The van der Waals surface area contributed by atoms with E-state index in [1.807, 2.05) is 24.3 Å². The van der Waals surface area contributed by atoms with Crippen LogP contribution in [0.25, 0.3) is 0 Å². The molecule has 0 unspecified atom stereocenters. The van der Waals surface area contributed by atoms with Crippen LogP contribution in [-0.4, -0.2) is 24.9 Å². The number of anilines is 1. The largest absolute Gasteiger partial charge is 0.356 e. The van der Waals surface area contributed by atoms with E-state index in [0.29, 0.717) is 19.5 Å². The highest BCUT2D eigenvalue weighted by Gasteiger charge is 2.02. The minimum atomic E-state index is -0.0442. The van der Waals surface area contributed by atoms with Crippen LogP contribution in [0.4, 0.5) is 5.69 Å². The van der Waals surface area contributed by atoms with E-state index < -0.39 is 0 Å². The predicted octanol–water partition coefficient (Wildman–Crippen LogP) is 1.24. The summed E-state index contributed by atoms with van der Waals surface area (Å²) in [5.74, 6) is 5.62. The molecule has 0 aliphatic heterocycles. The lowest BCUT2D eigenvalue weighted by Crippen LogP contribution is -2.21. The first-order valence-electron chi connectivity index (χ1n) is 6.95. The van der Waals surface area contributed by atoms with Crippen molar-refractivity contribution >= 4 is 17.5 Å². The number of benzene rings is 1. The van der Waals surface area contributed by atoms with Gasteiger partial charge in [-0.05, 0) is 37.1 Å². The Balaban J connectivity index is 2.29. The fourth-order valence-corrected chi connectivity index (χ4v) is 1.69. The van der Waals surface area contributed by atoms with Gasteiger partial charge in [0.05, 0.1) is 6.54 Å². The van der Waals surface area contributed by atoms with Crippen LogP contribution >= 0.6 is 0 Å². The highest BCUT2D eigenvalue weighted by atomic mass is 16.2. The number of carbonyl (C=O) groups is 2. The van der Waals surface area contributed by atoms with Gasteiger partial charge in [0.2, 0.25) is 11.8 Å². The minimum absolute atomic E-state index is 0.0291. The van der Waals surface area contributed by atoms with Gasteiger partial charge >= 0.3 is 0 Å². The fourth-order valence-electron chi connectivity index (χ4n) is 1.69. The van der Waals surface area contributed by atoms with Crippen molar-refractivity contribution in [2.75, 3.05) is 18.4 Å². The summed E-state index contributed by atoms with van der Waals surface area (Å²) in [6.07, 6.45) is 1.97. The number of hydrogen-bond acceptors (Lipinski definition) is 3. The molecule has 0 aromatic heterocycles. The lowest BCUT2D eigenvalue weighted by atomic mass is 10.2. The summed E-state index contributed by atoms with van der Waals surface area (Å²) < 4.78 is 0. The maximum Gasteiger partial charge on any atom is 0.224 e. The summed E-state index contributed by atoms with van der Waals surface area (Å²) in [6.45, 7) is 2.42. The van der Waals surface area contributed by atoms with E-state index in [9.17, 15) is 9.59 Å². The lowest BCUT2D eigenvalue weighted by Gasteiger charge is -2.05. The smallest absolute Gasteiger partial charge is 0.224 e. The van der Waals surface area contributed by atoms with Gasteiger partial charge in [-0.15, -0.1) is 0 Å². The molecule has 5 heteroatoms. The Morgan fingerprint density at radius 1 is 1.19 bits per heavy atom. The maximum atomic E-state index is 11.7. The summed E-state index contributed by atoms with van der Waals surface area (Å²) in [5, 5.41) is 5.53. The molecule has 0 spiro atoms. The van der Waals surface area contributed by atoms with Crippen LogP contribution in [0.1, 0.15) is 31.7 Å². The van der Waals surface area contributed by atoms with Crippen LogP contribution in [0.2, 0.25) is 0 Å². The molecule has 112 valence electrons. The van der Waals surface area contributed by atoms with E-state index in [4.69, 9.17) is 5.73 Å². The molecule has 4 N–H and O–H groups in total. The Morgan fingerprint density at radius 3 is 2.52 bits per heavy atom. The molecule has 0 heterocycles. The van der Waals surface area contributed by atoms with Gasteiger partial charge < -0.3 is 16.4 Å². The molecular weight excluding hydrogens is 266 g/mol. The van der Waals surface area contributed by atoms with Crippen molar-refractivity contribution in [3.63, 3.8) is 0 Å². The zero-order chi connectivity index (χ0) is 15.5. The van der Waals surface area contributed by atoms with Gasteiger partial charge in [0.15, 0.2) is 0 Å². The SMILES string of the molecule is CC(=O)NCCCCC(=O)Nc1ccc(C#CCN)cc1. The Hall–Kier alpha value is -2.32. The van der Waals surface area contributed by atoms with Gasteiger partial charge in [-0.25, -0.2) is 0 Å². The fraction of sp³-hybridized carbons (Fsp3) is 0.375. The van der Waals surface area contributed by atoms with E-state index in [0.717, 1.165) is 24.1 Å². The average molecular weight is 287 g/mol. The van der Waals surface area contributed by atoms with Gasteiger partial charge in [0.25, 0.3) is 0 Å². The predicted molar refractivity (Wildman–Crippen MR) is 83.5 cm³/mol. The standard InChI is InChI=1S/C16H21N3O2/c1-13(20)18-12-3-2-6-16(21)19-15-9-7-14(8-10-15)5-4-11-17/h7-10H,2-3,6,11-12,17H2,1H3,(H,18,20)(H,19,21). The van der Waals surface area contributed by atoms with Gasteiger partial charge in [0, 0.05) is 31.1 Å². The van der Waals surface area contributed by atoms with Crippen molar-refractivity contribution in [3.8, 4) is 11.8 Å². The van der Waals surface area contributed by atoms with Crippen molar-refractivity contribution in [1.82, 2.24) is 5.32 Å². The first-order chi connectivity index (χ1) is 10.1. The van der Waals surface area contributed by atoms with E-state index >= 15 is 0 Å². The first-order valence-corrected chi connectivity index (χ1v) is 6.95. The van der Waals surface area contributed by atoms with E-state index in [2.05, 4.69) is 22.5 Å². The topological polar surface area (TPSA) is 84.2 Å². The summed E-state index contributed by atoms with van der Waals surface area (Å²) >= 11 is 0. The van der Waals surface area contributed by atoms with E-state index in [1.165, 1.54) is 6.92 Å². The second kappa shape index (κ2) is 9.56. The van der Waals surface area contributed by atoms with Crippen molar-refractivity contribution < 1.29 is 9.59 Å². The summed E-state index contributed by atoms with van der Waals surface area (Å²) in [4.78, 5) is 22.4. The summed E-state index contributed by atoms with van der Waals surface area (Å²) in [7, 11) is 0. The average Bonchev–Trinajstić information content (AvgIpc) is 2.46. The molecule has 5 nitrogen and oxygen atoms in total. The number of hydrogen-bond donors (Lipinski definition) is 3. The molecule has 21 heavy (non-hydrogen) atoms. The van der Waals surface area contributed by atoms with Crippen LogP contribution in [0.3, 0.4) is 0 Å². The van der Waals surface area contributed by atoms with Crippen LogP contribution in [0, 0.1) is 11.8 Å². The van der Waals surface area contributed by atoms with Crippen LogP contribution < -0.4 is 16.4 Å². The molecule has 1 aromatic carbocycles. The van der Waals surface area contributed by atoms with E-state index in [-0.39, 0.29) is 11.8 Å². The third-order valence-electron chi connectivity index (χ3n) is 2.71. The number of amides is 2. The highest BCUT2D eigenvalue weighted by Crippen LogP contribution is 2.09. The first kappa shape index (κ1) is 16.7. The molecule has 0 aliphatic carbocycles. The van der Waals surface area contributed by atoms with Gasteiger partial charge in [0.1, 0.15) is 0 Å². The van der Waals surface area contributed by atoms with Crippen molar-refractivity contribution in [2.24, 2.45) is 5.73 Å². The van der Waals surface area contributed by atoms with Gasteiger partial charge in [-0.1, -0.05) is 11.8 Å². The summed E-state index contributed by atoms with van der Waals surface area (Å²) in [5.41, 5.74) is 6.92. The third kappa shape index (κ3) is 7.75. The van der Waals surface area contributed by atoms with Crippen LogP contribution in [-0.2, 0) is 9.59 Å². The lowest BCUT2D eigenvalue weighted by molar-refractivity contribution is -0.119. The number of unbranched alkanes of at least 4 members (excludes halogenated alkanes) is 1. The molecular formula is C16H21N3O2. The number of nitrogens with two attached hydrogens (primary N) is 1. The highest BCUT2D eigenvalue weighted by molar-refractivity contribution is 5.90. The second-order valence-electron chi connectivity index (χ2n) is 4.57. The number of rotatable bonds is 6. The molecule has 0 bridgehead atoms. The van der Waals surface area contributed by atoms with Crippen LogP contribution in [0.5, 0.6) is 0 Å². The monoisotopic (exact) mass is 287 g/mol. The molecule has 0 atom stereocenters. The van der Waals surface area contributed by atoms with Crippen molar-refractivity contribution in [2.45, 2.75) is 26.2 Å². The Morgan fingerprint density at radius 2 is 1.90 bits per heavy atom. The Bertz CT molecular complexity index is 527. The normalized spacial score (nSPS) is 9.43. The molecule has 1 rings (SSSR count). The molecule has 2 amide bonds. The zero-order valence-electron chi connectivity index (χ0n) is 12.2. The Labute approximate surface area is 125 Å². The van der Waals surface area contributed by atoms with Crippen LogP contribution in [0.15, 0.2) is 24.3 Å². The maximum absolute atomic E-state index is 11.7. The van der Waals surface area contributed by atoms with Gasteiger partial charge in [-0.3, -0.25) is 9.59 Å². The molecule has 0 aliphatic rings. The minimum Gasteiger partial charge on any atom is -0.356 e. The van der Waals surface area contributed by atoms with Gasteiger partial charge in [-0.2, -0.15) is 0 Å². The molecule has 0 saturated heterocycles. The Kier molecular flexibility index (Phi) is 7.62. The molecule has 0 saturated carbocycles.